The summed E-state index contributed by atoms with van der Waals surface area (Å²) in [6, 6.07) is 10.0. The lowest BCUT2D eigenvalue weighted by Crippen LogP contribution is -2.00. The third kappa shape index (κ3) is 2.70. The average Bonchev–Trinajstić information content (AvgIpc) is 2.36. The number of benzene rings is 2. The average molecular weight is 267 g/mol. The van der Waals surface area contributed by atoms with E-state index < -0.39 is 11.6 Å². The number of hydrogen-bond acceptors (Lipinski definition) is 0. The van der Waals surface area contributed by atoms with Gasteiger partial charge in [-0.05, 0) is 35.7 Å². The highest BCUT2D eigenvalue weighted by Gasteiger charge is 2.12. The Balaban J connectivity index is 2.32. The van der Waals surface area contributed by atoms with Crippen molar-refractivity contribution in [2.24, 2.45) is 0 Å². The molecule has 2 aromatic carbocycles. The summed E-state index contributed by atoms with van der Waals surface area (Å²) in [6.45, 7) is 1.74. The van der Waals surface area contributed by atoms with Gasteiger partial charge in [0.25, 0.3) is 0 Å². The first kappa shape index (κ1) is 13.0. The summed E-state index contributed by atoms with van der Waals surface area (Å²) in [6.07, 6.45) is 0.794. The molecule has 0 saturated heterocycles. The first-order valence-corrected chi connectivity index (χ1v) is 6.19. The Morgan fingerprint density at radius 1 is 1.00 bits per heavy atom. The summed E-state index contributed by atoms with van der Waals surface area (Å²) in [7, 11) is 0. The van der Waals surface area contributed by atoms with Crippen LogP contribution >= 0.6 is 11.6 Å². The van der Waals surface area contributed by atoms with Crippen LogP contribution in [-0.2, 0) is 12.8 Å². The minimum absolute atomic E-state index is 0.154. The number of rotatable bonds is 3. The quantitative estimate of drug-likeness (QED) is 0.751. The maximum atomic E-state index is 14.0. The third-order valence-electron chi connectivity index (χ3n) is 2.93. The minimum atomic E-state index is -0.477. The second-order valence-electron chi connectivity index (χ2n) is 4.16. The first-order chi connectivity index (χ1) is 8.61. The van der Waals surface area contributed by atoms with Crippen LogP contribution in [0.3, 0.4) is 0 Å². The zero-order valence-corrected chi connectivity index (χ0v) is 10.8. The van der Waals surface area contributed by atoms with Gasteiger partial charge in [-0.1, -0.05) is 36.7 Å². The molecular formula is C15H13ClF2. The van der Waals surface area contributed by atoms with E-state index in [0.717, 1.165) is 5.56 Å². The Morgan fingerprint density at radius 3 is 2.28 bits per heavy atom. The van der Waals surface area contributed by atoms with Crippen LogP contribution in [0.2, 0.25) is 5.02 Å². The van der Waals surface area contributed by atoms with E-state index in [-0.39, 0.29) is 5.56 Å². The van der Waals surface area contributed by atoms with Gasteiger partial charge in [-0.15, -0.1) is 0 Å². The molecule has 2 aromatic rings. The van der Waals surface area contributed by atoms with Crippen LogP contribution in [-0.4, -0.2) is 0 Å². The summed E-state index contributed by atoms with van der Waals surface area (Å²) in [4.78, 5) is 0. The molecular weight excluding hydrogens is 254 g/mol. The largest absolute Gasteiger partial charge is 0.207 e. The molecule has 2 rings (SSSR count). The van der Waals surface area contributed by atoms with Crippen LogP contribution < -0.4 is 0 Å². The van der Waals surface area contributed by atoms with Crippen molar-refractivity contribution >= 4 is 11.6 Å². The number of hydrogen-bond donors (Lipinski definition) is 0. The van der Waals surface area contributed by atoms with Gasteiger partial charge < -0.3 is 0 Å². The fraction of sp³-hybridized carbons (Fsp3) is 0.200. The molecule has 0 saturated carbocycles. The molecule has 0 atom stereocenters. The van der Waals surface area contributed by atoms with Crippen molar-refractivity contribution in [3.63, 3.8) is 0 Å². The molecule has 0 aliphatic heterocycles. The molecule has 0 amide bonds. The highest BCUT2D eigenvalue weighted by Crippen LogP contribution is 2.21. The topological polar surface area (TPSA) is 0 Å². The van der Waals surface area contributed by atoms with Gasteiger partial charge >= 0.3 is 0 Å². The third-order valence-corrected chi connectivity index (χ3v) is 3.18. The molecule has 0 unspecified atom stereocenters. The molecule has 18 heavy (non-hydrogen) atoms. The van der Waals surface area contributed by atoms with Crippen LogP contribution in [0.25, 0.3) is 0 Å². The van der Waals surface area contributed by atoms with Gasteiger partial charge in [0, 0.05) is 17.0 Å². The molecule has 0 heterocycles. The van der Waals surface area contributed by atoms with E-state index in [0.29, 0.717) is 23.4 Å². The van der Waals surface area contributed by atoms with Gasteiger partial charge in [-0.2, -0.15) is 0 Å². The SMILES string of the molecule is CCc1c(F)ccc(Cc2ccc(Cl)cc2)c1F. The second kappa shape index (κ2) is 5.49. The highest BCUT2D eigenvalue weighted by atomic mass is 35.5. The van der Waals surface area contributed by atoms with E-state index in [1.54, 1.807) is 19.1 Å². The van der Waals surface area contributed by atoms with Crippen molar-refractivity contribution in [3.8, 4) is 0 Å². The lowest BCUT2D eigenvalue weighted by molar-refractivity contribution is 0.551. The summed E-state index contributed by atoms with van der Waals surface area (Å²) in [5, 5.41) is 0.646. The molecule has 94 valence electrons. The van der Waals surface area contributed by atoms with Crippen molar-refractivity contribution in [1.82, 2.24) is 0 Å². The Morgan fingerprint density at radius 2 is 1.67 bits per heavy atom. The smallest absolute Gasteiger partial charge is 0.132 e. The molecule has 0 fully saturated rings. The Bertz CT molecular complexity index is 547. The predicted octanol–water partition coefficient (Wildman–Crippen LogP) is 4.77. The van der Waals surface area contributed by atoms with Crippen molar-refractivity contribution in [2.45, 2.75) is 19.8 Å². The molecule has 3 heteroatoms. The fourth-order valence-electron chi connectivity index (χ4n) is 1.93. The van der Waals surface area contributed by atoms with Gasteiger partial charge in [-0.3, -0.25) is 0 Å². The van der Waals surface area contributed by atoms with E-state index >= 15 is 0 Å². The Kier molecular flexibility index (Phi) is 3.97. The van der Waals surface area contributed by atoms with E-state index in [9.17, 15) is 8.78 Å². The molecule has 0 aromatic heterocycles. The lowest BCUT2D eigenvalue weighted by Gasteiger charge is -2.08. The second-order valence-corrected chi connectivity index (χ2v) is 4.59. The lowest BCUT2D eigenvalue weighted by atomic mass is 10.0. The van der Waals surface area contributed by atoms with E-state index in [4.69, 9.17) is 11.6 Å². The maximum Gasteiger partial charge on any atom is 0.132 e. The first-order valence-electron chi connectivity index (χ1n) is 5.82. The van der Waals surface area contributed by atoms with Crippen molar-refractivity contribution < 1.29 is 8.78 Å². The van der Waals surface area contributed by atoms with Crippen LogP contribution in [0, 0.1) is 11.6 Å². The summed E-state index contributed by atoms with van der Waals surface area (Å²) in [5.74, 6) is -0.915. The number of halogens is 3. The van der Waals surface area contributed by atoms with Crippen LogP contribution in [0.1, 0.15) is 23.6 Å². The van der Waals surface area contributed by atoms with Crippen molar-refractivity contribution in [2.75, 3.05) is 0 Å². The van der Waals surface area contributed by atoms with E-state index in [1.165, 1.54) is 12.1 Å². The van der Waals surface area contributed by atoms with Crippen molar-refractivity contribution in [1.29, 1.82) is 0 Å². The minimum Gasteiger partial charge on any atom is -0.207 e. The zero-order valence-electron chi connectivity index (χ0n) is 10.0. The molecule has 0 radical (unpaired) electrons. The predicted molar refractivity (Wildman–Crippen MR) is 70.0 cm³/mol. The molecule has 0 nitrogen and oxygen atoms in total. The van der Waals surface area contributed by atoms with Gasteiger partial charge in [0.1, 0.15) is 11.6 Å². The molecule has 0 N–H and O–H groups in total. The Hall–Kier alpha value is -1.41. The van der Waals surface area contributed by atoms with E-state index in [1.807, 2.05) is 12.1 Å². The fourth-order valence-corrected chi connectivity index (χ4v) is 2.05. The van der Waals surface area contributed by atoms with Crippen LogP contribution in [0.4, 0.5) is 8.78 Å². The van der Waals surface area contributed by atoms with Crippen molar-refractivity contribution in [3.05, 3.63) is 69.7 Å². The molecule has 0 aliphatic rings. The Labute approximate surface area is 110 Å². The molecule has 0 spiro atoms. The van der Waals surface area contributed by atoms with Crippen LogP contribution in [0.5, 0.6) is 0 Å². The van der Waals surface area contributed by atoms with Crippen LogP contribution in [0.15, 0.2) is 36.4 Å². The summed E-state index contributed by atoms with van der Waals surface area (Å²) < 4.78 is 27.4. The zero-order chi connectivity index (χ0) is 13.1. The van der Waals surface area contributed by atoms with Gasteiger partial charge in [0.05, 0.1) is 0 Å². The van der Waals surface area contributed by atoms with Gasteiger partial charge in [-0.25, -0.2) is 8.78 Å². The van der Waals surface area contributed by atoms with Gasteiger partial charge in [0.15, 0.2) is 0 Å². The highest BCUT2D eigenvalue weighted by molar-refractivity contribution is 6.30. The molecule has 0 bridgehead atoms. The standard InChI is InChI=1S/C15H13ClF2/c1-2-13-14(17)8-5-11(15(13)18)9-10-3-6-12(16)7-4-10/h3-8H,2,9H2,1H3. The summed E-state index contributed by atoms with van der Waals surface area (Å²) >= 11 is 5.79. The van der Waals surface area contributed by atoms with E-state index in [2.05, 4.69) is 0 Å². The monoisotopic (exact) mass is 266 g/mol. The molecule has 0 aliphatic carbocycles. The normalized spacial score (nSPS) is 10.7. The van der Waals surface area contributed by atoms with Gasteiger partial charge in [0.2, 0.25) is 0 Å². The summed E-state index contributed by atoms with van der Waals surface area (Å²) in [5.41, 5.74) is 1.61. The maximum absolute atomic E-state index is 14.0.